The lowest BCUT2D eigenvalue weighted by Crippen LogP contribution is -2.38. The standard InChI is InChI=1S/C16H25NO2/c1-13-4-5-16(12-14(13)2)19-15-6-9-17(10-7-15)8-3-11-18/h4-5,12,15,18H,3,6-11H2,1-2H3. The van der Waals surface area contributed by atoms with Gasteiger partial charge in [-0.25, -0.2) is 0 Å². The minimum atomic E-state index is 0.291. The number of nitrogens with zero attached hydrogens (tertiary/aromatic N) is 1. The van der Waals surface area contributed by atoms with Gasteiger partial charge in [-0.05, 0) is 56.4 Å². The summed E-state index contributed by atoms with van der Waals surface area (Å²) in [5, 5.41) is 8.84. The first-order valence-corrected chi connectivity index (χ1v) is 7.26. The Bertz CT molecular complexity index is 398. The molecule has 0 saturated carbocycles. The van der Waals surface area contributed by atoms with E-state index in [1.54, 1.807) is 0 Å². The SMILES string of the molecule is Cc1ccc(OC2CCN(CCCO)CC2)cc1C. The van der Waals surface area contributed by atoms with E-state index in [4.69, 9.17) is 9.84 Å². The summed E-state index contributed by atoms with van der Waals surface area (Å²) >= 11 is 0. The predicted molar refractivity (Wildman–Crippen MR) is 77.7 cm³/mol. The lowest BCUT2D eigenvalue weighted by molar-refractivity contribution is 0.0963. The van der Waals surface area contributed by atoms with Gasteiger partial charge in [-0.2, -0.15) is 0 Å². The number of likely N-dealkylation sites (tertiary alicyclic amines) is 1. The molecule has 0 unspecified atom stereocenters. The first-order valence-electron chi connectivity index (χ1n) is 7.26. The topological polar surface area (TPSA) is 32.7 Å². The average molecular weight is 263 g/mol. The molecule has 1 heterocycles. The summed E-state index contributed by atoms with van der Waals surface area (Å²) in [6, 6.07) is 6.33. The van der Waals surface area contributed by atoms with Gasteiger partial charge in [-0.1, -0.05) is 6.07 Å². The number of hydrogen-bond donors (Lipinski definition) is 1. The summed E-state index contributed by atoms with van der Waals surface area (Å²) in [6.45, 7) is 7.70. The number of rotatable bonds is 5. The molecular weight excluding hydrogens is 238 g/mol. The summed E-state index contributed by atoms with van der Waals surface area (Å²) in [7, 11) is 0. The van der Waals surface area contributed by atoms with Crippen LogP contribution in [0.25, 0.3) is 0 Å². The van der Waals surface area contributed by atoms with E-state index in [9.17, 15) is 0 Å². The molecule has 0 aliphatic carbocycles. The monoisotopic (exact) mass is 263 g/mol. The molecule has 0 radical (unpaired) electrons. The van der Waals surface area contributed by atoms with Crippen molar-refractivity contribution in [2.45, 2.75) is 39.2 Å². The van der Waals surface area contributed by atoms with Gasteiger partial charge in [0, 0.05) is 26.2 Å². The summed E-state index contributed by atoms with van der Waals surface area (Å²) in [6.07, 6.45) is 3.38. The molecule has 0 aromatic heterocycles. The highest BCUT2D eigenvalue weighted by atomic mass is 16.5. The van der Waals surface area contributed by atoms with Gasteiger partial charge >= 0.3 is 0 Å². The summed E-state index contributed by atoms with van der Waals surface area (Å²) in [4.78, 5) is 2.41. The number of ether oxygens (including phenoxy) is 1. The van der Waals surface area contributed by atoms with Gasteiger partial charge in [0.25, 0.3) is 0 Å². The van der Waals surface area contributed by atoms with Gasteiger partial charge in [0.1, 0.15) is 11.9 Å². The molecule has 0 atom stereocenters. The quantitative estimate of drug-likeness (QED) is 0.886. The molecule has 1 aromatic carbocycles. The van der Waals surface area contributed by atoms with E-state index in [1.165, 1.54) is 11.1 Å². The lowest BCUT2D eigenvalue weighted by Gasteiger charge is -2.32. The van der Waals surface area contributed by atoms with Gasteiger partial charge in [-0.3, -0.25) is 0 Å². The number of benzene rings is 1. The fourth-order valence-electron chi connectivity index (χ4n) is 2.52. The van der Waals surface area contributed by atoms with Crippen molar-refractivity contribution in [1.29, 1.82) is 0 Å². The Kier molecular flexibility index (Phi) is 5.23. The minimum absolute atomic E-state index is 0.291. The van der Waals surface area contributed by atoms with Gasteiger partial charge in [-0.15, -0.1) is 0 Å². The highest BCUT2D eigenvalue weighted by Crippen LogP contribution is 2.21. The molecule has 1 N–H and O–H groups in total. The largest absolute Gasteiger partial charge is 0.490 e. The van der Waals surface area contributed by atoms with Crippen LogP contribution in [-0.4, -0.2) is 42.4 Å². The fourth-order valence-corrected chi connectivity index (χ4v) is 2.52. The van der Waals surface area contributed by atoms with E-state index < -0.39 is 0 Å². The Hall–Kier alpha value is -1.06. The van der Waals surface area contributed by atoms with E-state index in [-0.39, 0.29) is 0 Å². The second-order valence-corrected chi connectivity index (χ2v) is 5.48. The number of hydrogen-bond acceptors (Lipinski definition) is 3. The molecule has 3 nitrogen and oxygen atoms in total. The summed E-state index contributed by atoms with van der Waals surface area (Å²) in [5.41, 5.74) is 2.60. The van der Waals surface area contributed by atoms with Crippen molar-refractivity contribution < 1.29 is 9.84 Å². The maximum Gasteiger partial charge on any atom is 0.120 e. The van der Waals surface area contributed by atoms with Crippen molar-refractivity contribution in [2.75, 3.05) is 26.2 Å². The molecule has 1 saturated heterocycles. The Morgan fingerprint density at radius 2 is 1.95 bits per heavy atom. The number of aliphatic hydroxyl groups is 1. The first-order chi connectivity index (χ1) is 9.19. The van der Waals surface area contributed by atoms with Crippen LogP contribution in [0.1, 0.15) is 30.4 Å². The van der Waals surface area contributed by atoms with Crippen LogP contribution >= 0.6 is 0 Å². The van der Waals surface area contributed by atoms with Gasteiger partial charge in [0.2, 0.25) is 0 Å². The van der Waals surface area contributed by atoms with E-state index >= 15 is 0 Å². The minimum Gasteiger partial charge on any atom is -0.490 e. The van der Waals surface area contributed by atoms with Crippen LogP contribution in [0.15, 0.2) is 18.2 Å². The zero-order chi connectivity index (χ0) is 13.7. The van der Waals surface area contributed by atoms with Crippen LogP contribution in [-0.2, 0) is 0 Å². The number of aryl methyl sites for hydroxylation is 2. The van der Waals surface area contributed by atoms with Crippen LogP contribution in [0.2, 0.25) is 0 Å². The molecular formula is C16H25NO2. The van der Waals surface area contributed by atoms with E-state index in [1.807, 2.05) is 0 Å². The van der Waals surface area contributed by atoms with Crippen LogP contribution in [0.5, 0.6) is 5.75 Å². The van der Waals surface area contributed by atoms with Crippen LogP contribution in [0.4, 0.5) is 0 Å². The molecule has 0 spiro atoms. The molecule has 1 aromatic rings. The third-order valence-electron chi connectivity index (χ3n) is 3.95. The summed E-state index contributed by atoms with van der Waals surface area (Å²) in [5.74, 6) is 0.997. The Morgan fingerprint density at radius 3 is 2.58 bits per heavy atom. The van der Waals surface area contributed by atoms with Gasteiger partial charge < -0.3 is 14.7 Å². The average Bonchev–Trinajstić information content (AvgIpc) is 2.42. The second-order valence-electron chi connectivity index (χ2n) is 5.48. The van der Waals surface area contributed by atoms with E-state index in [0.29, 0.717) is 12.7 Å². The molecule has 2 rings (SSSR count). The smallest absolute Gasteiger partial charge is 0.120 e. The van der Waals surface area contributed by atoms with E-state index in [2.05, 4.69) is 36.9 Å². The third kappa shape index (κ3) is 4.22. The van der Waals surface area contributed by atoms with Crippen molar-refractivity contribution in [1.82, 2.24) is 4.90 Å². The molecule has 0 bridgehead atoms. The second kappa shape index (κ2) is 6.92. The molecule has 1 fully saturated rings. The van der Waals surface area contributed by atoms with Crippen molar-refractivity contribution in [3.63, 3.8) is 0 Å². The van der Waals surface area contributed by atoms with Crippen LogP contribution in [0.3, 0.4) is 0 Å². The van der Waals surface area contributed by atoms with E-state index in [0.717, 1.165) is 44.6 Å². The molecule has 3 heteroatoms. The maximum absolute atomic E-state index is 8.84. The zero-order valence-corrected chi connectivity index (χ0v) is 12.1. The molecule has 1 aliphatic rings. The Labute approximate surface area is 116 Å². The zero-order valence-electron chi connectivity index (χ0n) is 12.1. The molecule has 106 valence electrons. The first kappa shape index (κ1) is 14.4. The third-order valence-corrected chi connectivity index (χ3v) is 3.95. The van der Waals surface area contributed by atoms with Crippen molar-refractivity contribution in [3.8, 4) is 5.75 Å². The highest BCUT2D eigenvalue weighted by Gasteiger charge is 2.20. The molecule has 1 aliphatic heterocycles. The summed E-state index contributed by atoms with van der Waals surface area (Å²) < 4.78 is 6.07. The van der Waals surface area contributed by atoms with Gasteiger partial charge in [0.15, 0.2) is 0 Å². The van der Waals surface area contributed by atoms with Crippen molar-refractivity contribution in [3.05, 3.63) is 29.3 Å². The number of aliphatic hydroxyl groups excluding tert-OH is 1. The van der Waals surface area contributed by atoms with Gasteiger partial charge in [0.05, 0.1) is 0 Å². The molecule has 0 amide bonds. The van der Waals surface area contributed by atoms with Crippen molar-refractivity contribution in [2.24, 2.45) is 0 Å². The number of piperidine rings is 1. The van der Waals surface area contributed by atoms with Crippen molar-refractivity contribution >= 4 is 0 Å². The van der Waals surface area contributed by atoms with Crippen LogP contribution in [0, 0.1) is 13.8 Å². The highest BCUT2D eigenvalue weighted by molar-refractivity contribution is 5.33. The predicted octanol–water partition coefficient (Wildman–Crippen LogP) is 2.53. The molecule has 19 heavy (non-hydrogen) atoms. The Balaban J connectivity index is 1.80. The normalized spacial score (nSPS) is 17.6. The Morgan fingerprint density at radius 1 is 1.21 bits per heavy atom. The lowest BCUT2D eigenvalue weighted by atomic mass is 10.1. The fraction of sp³-hybridized carbons (Fsp3) is 0.625. The van der Waals surface area contributed by atoms with Crippen LogP contribution < -0.4 is 4.74 Å². The maximum atomic E-state index is 8.84.